The molecule has 3 N–H and O–H groups in total. The van der Waals surface area contributed by atoms with E-state index < -0.39 is 6.10 Å². The molecule has 1 aliphatic heterocycles. The highest BCUT2D eigenvalue weighted by molar-refractivity contribution is 5.80. The van der Waals surface area contributed by atoms with Crippen LogP contribution in [-0.4, -0.2) is 59.7 Å². The molecule has 134 valence electrons. The lowest BCUT2D eigenvalue weighted by Crippen LogP contribution is -2.48. The molecule has 0 amide bonds. The predicted octanol–water partition coefficient (Wildman–Crippen LogP) is 1.54. The van der Waals surface area contributed by atoms with Crippen LogP contribution in [0, 0.1) is 0 Å². The number of hydrogen-bond donors (Lipinski definition) is 3. The minimum atomic E-state index is -0.602. The summed E-state index contributed by atoms with van der Waals surface area (Å²) in [5, 5.41) is 17.0. The number of aromatic nitrogens is 1. The Bertz CT molecular complexity index is 485. The molecule has 24 heavy (non-hydrogen) atoms. The van der Waals surface area contributed by atoms with Gasteiger partial charge in [-0.3, -0.25) is 9.98 Å². The number of guanidine groups is 1. The zero-order chi connectivity index (χ0) is 17.2. The van der Waals surface area contributed by atoms with E-state index in [9.17, 15) is 5.11 Å². The van der Waals surface area contributed by atoms with Gasteiger partial charge >= 0.3 is 0 Å². The van der Waals surface area contributed by atoms with Gasteiger partial charge in [-0.2, -0.15) is 0 Å². The summed E-state index contributed by atoms with van der Waals surface area (Å²) in [6, 6.07) is 4.10. The van der Waals surface area contributed by atoms with Crippen molar-refractivity contribution in [3.8, 4) is 0 Å². The molecule has 1 aliphatic rings. The second kappa shape index (κ2) is 10.3. The summed E-state index contributed by atoms with van der Waals surface area (Å²) in [7, 11) is 0. The fourth-order valence-electron chi connectivity index (χ4n) is 3.00. The Morgan fingerprint density at radius 1 is 1.33 bits per heavy atom. The molecule has 0 spiro atoms. The minimum absolute atomic E-state index is 0.341. The Morgan fingerprint density at radius 3 is 2.67 bits per heavy atom. The number of pyridine rings is 1. The number of likely N-dealkylation sites (tertiary alicyclic amines) is 1. The molecule has 0 aliphatic carbocycles. The summed E-state index contributed by atoms with van der Waals surface area (Å²) in [4.78, 5) is 11.0. The van der Waals surface area contributed by atoms with Crippen LogP contribution in [0.1, 0.15) is 44.8 Å². The summed E-state index contributed by atoms with van der Waals surface area (Å²) in [6.45, 7) is 8.92. The fraction of sp³-hybridized carbons (Fsp3) is 0.667. The highest BCUT2D eigenvalue weighted by Crippen LogP contribution is 2.12. The van der Waals surface area contributed by atoms with Gasteiger partial charge in [0.25, 0.3) is 0 Å². The molecule has 2 heterocycles. The number of piperidine rings is 1. The number of hydrogen-bond acceptors (Lipinski definition) is 4. The number of rotatable bonds is 7. The molecule has 1 atom stereocenters. The third-order valence-corrected chi connectivity index (χ3v) is 4.33. The van der Waals surface area contributed by atoms with E-state index in [1.54, 1.807) is 12.4 Å². The molecular weight excluding hydrogens is 302 g/mol. The van der Waals surface area contributed by atoms with Gasteiger partial charge in [0.1, 0.15) is 0 Å². The van der Waals surface area contributed by atoms with E-state index in [4.69, 9.17) is 0 Å². The van der Waals surface area contributed by atoms with Gasteiger partial charge in [-0.15, -0.1) is 0 Å². The third-order valence-electron chi connectivity index (χ3n) is 4.33. The molecule has 0 radical (unpaired) electrons. The maximum atomic E-state index is 10.2. The SMILES string of the molecule is CCCN1CCC(NC(=NCC(O)c2ccncc2)NCC)CC1. The molecule has 6 heteroatoms. The number of aliphatic hydroxyl groups is 1. The Balaban J connectivity index is 1.85. The monoisotopic (exact) mass is 333 g/mol. The standard InChI is InChI=1S/C18H31N5O/c1-3-11-23-12-7-16(8-13-23)22-18(20-4-2)21-14-17(24)15-5-9-19-10-6-15/h5-6,9-10,16-17,24H,3-4,7-8,11-14H2,1-2H3,(H2,20,21,22). The average molecular weight is 333 g/mol. The van der Waals surface area contributed by atoms with Crippen molar-refractivity contribution < 1.29 is 5.11 Å². The van der Waals surface area contributed by atoms with Crippen LogP contribution in [0.5, 0.6) is 0 Å². The average Bonchev–Trinajstić information content (AvgIpc) is 2.62. The van der Waals surface area contributed by atoms with Crippen LogP contribution < -0.4 is 10.6 Å². The van der Waals surface area contributed by atoms with Crippen molar-refractivity contribution in [2.75, 3.05) is 32.7 Å². The van der Waals surface area contributed by atoms with Crippen LogP contribution in [0.4, 0.5) is 0 Å². The van der Waals surface area contributed by atoms with Gasteiger partial charge in [0.2, 0.25) is 0 Å². The van der Waals surface area contributed by atoms with Crippen LogP contribution in [0.3, 0.4) is 0 Å². The molecule has 1 aromatic heterocycles. The first-order valence-corrected chi connectivity index (χ1v) is 9.08. The predicted molar refractivity (Wildman–Crippen MR) is 98.1 cm³/mol. The number of aliphatic hydroxyl groups excluding tert-OH is 1. The Labute approximate surface area is 145 Å². The lowest BCUT2D eigenvalue weighted by Gasteiger charge is -2.32. The van der Waals surface area contributed by atoms with Crippen molar-refractivity contribution in [3.05, 3.63) is 30.1 Å². The Morgan fingerprint density at radius 2 is 2.04 bits per heavy atom. The van der Waals surface area contributed by atoms with E-state index in [-0.39, 0.29) is 0 Å². The van der Waals surface area contributed by atoms with Crippen molar-refractivity contribution in [2.45, 2.75) is 45.3 Å². The molecule has 6 nitrogen and oxygen atoms in total. The van der Waals surface area contributed by atoms with E-state index >= 15 is 0 Å². The Kier molecular flexibility index (Phi) is 7.98. The normalized spacial score (nSPS) is 18.4. The summed E-state index contributed by atoms with van der Waals surface area (Å²) >= 11 is 0. The third kappa shape index (κ3) is 6.09. The lowest BCUT2D eigenvalue weighted by molar-refractivity contribution is 0.186. The highest BCUT2D eigenvalue weighted by Gasteiger charge is 2.19. The second-order valence-corrected chi connectivity index (χ2v) is 6.28. The molecule has 1 unspecified atom stereocenters. The maximum absolute atomic E-state index is 10.2. The van der Waals surface area contributed by atoms with Gasteiger partial charge in [0.15, 0.2) is 5.96 Å². The molecule has 1 fully saturated rings. The molecular formula is C18H31N5O. The van der Waals surface area contributed by atoms with Crippen LogP contribution in [0.15, 0.2) is 29.5 Å². The van der Waals surface area contributed by atoms with Crippen molar-refractivity contribution in [1.29, 1.82) is 0 Å². The first-order chi connectivity index (χ1) is 11.7. The summed E-state index contributed by atoms with van der Waals surface area (Å²) in [5.41, 5.74) is 0.845. The van der Waals surface area contributed by atoms with Gasteiger partial charge < -0.3 is 20.6 Å². The maximum Gasteiger partial charge on any atom is 0.191 e. The van der Waals surface area contributed by atoms with Crippen molar-refractivity contribution in [1.82, 2.24) is 20.5 Å². The van der Waals surface area contributed by atoms with Gasteiger partial charge in [0, 0.05) is 38.1 Å². The van der Waals surface area contributed by atoms with Crippen LogP contribution >= 0.6 is 0 Å². The van der Waals surface area contributed by atoms with Crippen LogP contribution in [0.25, 0.3) is 0 Å². The quantitative estimate of drug-likeness (QED) is 0.521. The van der Waals surface area contributed by atoms with Gasteiger partial charge in [0.05, 0.1) is 12.6 Å². The topological polar surface area (TPSA) is 72.8 Å². The molecule has 1 saturated heterocycles. The zero-order valence-electron chi connectivity index (χ0n) is 14.9. The summed E-state index contributed by atoms with van der Waals surface area (Å²) in [5.74, 6) is 0.791. The fourth-order valence-corrected chi connectivity index (χ4v) is 3.00. The molecule has 1 aromatic rings. The number of aliphatic imine (C=N–C) groups is 1. The largest absolute Gasteiger partial charge is 0.386 e. The number of nitrogens with zero attached hydrogens (tertiary/aromatic N) is 3. The van der Waals surface area contributed by atoms with Crippen LogP contribution in [0.2, 0.25) is 0 Å². The van der Waals surface area contributed by atoms with E-state index in [2.05, 4.69) is 39.4 Å². The van der Waals surface area contributed by atoms with E-state index in [1.165, 1.54) is 13.0 Å². The smallest absolute Gasteiger partial charge is 0.191 e. The molecule has 0 aromatic carbocycles. The van der Waals surface area contributed by atoms with Gasteiger partial charge in [-0.25, -0.2) is 0 Å². The Hall–Kier alpha value is -1.66. The van der Waals surface area contributed by atoms with Gasteiger partial charge in [-0.05, 0) is 50.4 Å². The summed E-state index contributed by atoms with van der Waals surface area (Å²) < 4.78 is 0. The first kappa shape index (κ1) is 18.7. The first-order valence-electron chi connectivity index (χ1n) is 9.08. The lowest BCUT2D eigenvalue weighted by atomic mass is 10.1. The molecule has 0 saturated carbocycles. The van der Waals surface area contributed by atoms with E-state index in [1.807, 2.05) is 12.1 Å². The minimum Gasteiger partial charge on any atom is -0.386 e. The second-order valence-electron chi connectivity index (χ2n) is 6.28. The molecule has 0 bridgehead atoms. The van der Waals surface area contributed by atoms with Crippen molar-refractivity contribution >= 4 is 5.96 Å². The number of nitrogens with one attached hydrogen (secondary N) is 2. The highest BCUT2D eigenvalue weighted by atomic mass is 16.3. The van der Waals surface area contributed by atoms with Crippen molar-refractivity contribution in [2.24, 2.45) is 4.99 Å². The van der Waals surface area contributed by atoms with Crippen LogP contribution in [-0.2, 0) is 0 Å². The molecule has 2 rings (SSSR count). The van der Waals surface area contributed by atoms with E-state index in [0.29, 0.717) is 12.6 Å². The summed E-state index contributed by atoms with van der Waals surface area (Å²) in [6.07, 6.45) is 6.27. The van der Waals surface area contributed by atoms with Gasteiger partial charge in [-0.1, -0.05) is 6.92 Å². The zero-order valence-corrected chi connectivity index (χ0v) is 14.9. The van der Waals surface area contributed by atoms with E-state index in [0.717, 1.165) is 44.0 Å². The van der Waals surface area contributed by atoms with Crippen molar-refractivity contribution in [3.63, 3.8) is 0 Å².